The van der Waals surface area contributed by atoms with Gasteiger partial charge in [-0.15, -0.1) is 0 Å². The number of carbonyl (C=O) groups is 5. The lowest BCUT2D eigenvalue weighted by atomic mass is 10.0. The number of hydrogen-bond donors (Lipinski definition) is 14. The number of rotatable bonds is 45. The first-order valence-corrected chi connectivity index (χ1v) is 54.7. The van der Waals surface area contributed by atoms with Gasteiger partial charge in [0, 0.05) is 62.0 Å². The van der Waals surface area contributed by atoms with Gasteiger partial charge in [-0.05, 0) is 223 Å². The molecule has 49 heteroatoms. The van der Waals surface area contributed by atoms with Gasteiger partial charge >= 0.3 is 5.97 Å². The van der Waals surface area contributed by atoms with Crippen LogP contribution >= 0.6 is 122 Å². The minimum absolute atomic E-state index is 0. The molecule has 30 nitrogen and oxygen atoms in total. The van der Waals surface area contributed by atoms with Crippen LogP contribution in [0, 0.1) is 27.7 Å². The smallest absolute Gasteiger partial charge is 0.321 e. The van der Waals surface area contributed by atoms with Gasteiger partial charge in [-0.1, -0.05) is 111 Å². The van der Waals surface area contributed by atoms with Crippen molar-refractivity contribution < 1.29 is 129 Å². The number of carbonyl (C=O) groups excluding carboxylic acids is 4. The molecule has 6 rings (SSSR count). The first kappa shape index (κ1) is 126. The van der Waals surface area contributed by atoms with Crippen molar-refractivity contribution in [1.82, 2.24) is 18.9 Å². The van der Waals surface area contributed by atoms with E-state index in [-0.39, 0.29) is 124 Å². The number of thiol groups is 3. The maximum atomic E-state index is 12.7. The Bertz CT molecular complexity index is 4650. The molecular weight excluding hydrogens is 2040 g/mol. The predicted octanol–water partition coefficient (Wildman–Crippen LogP) is 10.3. The van der Waals surface area contributed by atoms with Gasteiger partial charge in [0.15, 0.2) is 24.6 Å². The Hall–Kier alpha value is -2.19. The molecule has 4 aromatic carbocycles. The van der Waals surface area contributed by atoms with Crippen molar-refractivity contribution in [3.8, 4) is 0 Å². The van der Waals surface area contributed by atoms with Gasteiger partial charge in [-0.3, -0.25) is 33.4 Å². The zero-order valence-electron chi connectivity index (χ0n) is 85.8. The van der Waals surface area contributed by atoms with Crippen molar-refractivity contribution in [2.45, 2.75) is 282 Å². The lowest BCUT2D eigenvalue weighted by Gasteiger charge is -2.33. The molecule has 0 aliphatic carbocycles. The third-order valence-corrected chi connectivity index (χ3v) is 31.2. The van der Waals surface area contributed by atoms with Gasteiger partial charge in [-0.25, -0.2) is 58.6 Å². The normalized spacial score (nSPS) is 17.1. The van der Waals surface area contributed by atoms with Gasteiger partial charge in [-0.2, -0.15) is 78.6 Å². The number of nitrogens with one attached hydrogen (secondary N) is 4. The van der Waals surface area contributed by atoms with E-state index >= 15 is 0 Å². The molecule has 0 saturated carbocycles. The number of nitrogens with two attached hydrogens (primary N) is 1. The van der Waals surface area contributed by atoms with Crippen LogP contribution in [0.4, 0.5) is 9.41 Å². The summed E-state index contributed by atoms with van der Waals surface area (Å²) in [5.74, 6) is -1.75. The van der Waals surface area contributed by atoms with Gasteiger partial charge in [0.05, 0.1) is 107 Å². The van der Waals surface area contributed by atoms with E-state index in [1.54, 1.807) is 130 Å². The number of aryl methyl sites for hydroxylation is 4. The SMILES string of the molecule is CC(=O)[C@H](NS(=O)(=O)c1ccc(C)cc1)C(C)(C)SCC1COC(C)(C)O1.CC(=O)[C@H](NS(=O)(=O)c1ccc(C)cc1)C(C)(C)SC[C@H](O)CO.CC(C)(S)[C@@H](N)C(=O)O.CC1(C)OCC(CBr)O1.F.F.[2H]B(C)S.[2H]B(C)S.[2H]B([3H])CSCl.[3HH].[3HH].[3H]OC[C@@H](O)CSC(C)(C)[C@@H](NS(=O)(=O)c1ccc(C)cc1)C(C)=O.[3H]OC[C@H](CSC(C)(C)[C@@H](NS(=O)(=O)c1ccc(C)cc1)C(C)=O)OCOC. The van der Waals surface area contributed by atoms with Crippen LogP contribution in [0.5, 0.6) is 0 Å². The van der Waals surface area contributed by atoms with E-state index in [1.165, 1.54) is 118 Å². The lowest BCUT2D eigenvalue weighted by Crippen LogP contribution is -2.52. The maximum Gasteiger partial charge on any atom is 0.321 e. The highest BCUT2D eigenvalue weighted by Gasteiger charge is 2.43. The zero-order chi connectivity index (χ0) is 106. The number of sulfonamides is 4. The second-order valence-corrected chi connectivity index (χ2v) is 50.5. The summed E-state index contributed by atoms with van der Waals surface area (Å²) in [7, 11) is -8.56. The second kappa shape index (κ2) is 66.6. The molecule has 0 aromatic heterocycles. The first-order chi connectivity index (χ1) is 62.1. The van der Waals surface area contributed by atoms with E-state index in [0.717, 1.165) is 38.6 Å². The maximum absolute atomic E-state index is 12.7. The van der Waals surface area contributed by atoms with Crippen LogP contribution in [0.25, 0.3) is 0 Å². The third-order valence-electron chi connectivity index (χ3n) is 17.8. The molecule has 2 heterocycles. The molecule has 0 bridgehead atoms. The highest BCUT2D eigenvalue weighted by molar-refractivity contribution is 9.09. The molecule has 2 unspecified atom stereocenters. The van der Waals surface area contributed by atoms with E-state index in [9.17, 15) is 67.9 Å². The van der Waals surface area contributed by atoms with Gasteiger partial charge < -0.3 is 64.8 Å². The molecule has 12 N–H and O–H groups in total. The van der Waals surface area contributed by atoms with Crippen LogP contribution in [0.1, 0.15) is 150 Å². The Morgan fingerprint density at radius 3 is 1.06 bits per heavy atom. The molecule has 2 saturated heterocycles. The number of aliphatic hydroxyl groups is 5. The number of ether oxygens (including phenoxy) is 6. The van der Waals surface area contributed by atoms with Gasteiger partial charge in [0.2, 0.25) is 43.0 Å². The predicted molar refractivity (Wildman–Crippen MR) is 562 cm³/mol. The number of alkyl halides is 1. The Morgan fingerprint density at radius 1 is 0.591 bits per heavy atom. The van der Waals surface area contributed by atoms with Crippen molar-refractivity contribution in [2.75, 3.05) is 80.9 Å². The summed E-state index contributed by atoms with van der Waals surface area (Å²) < 4.78 is 179. The summed E-state index contributed by atoms with van der Waals surface area (Å²) >= 11 is 19.9. The van der Waals surface area contributed by atoms with E-state index in [0.29, 0.717) is 30.4 Å². The number of aliphatic hydroxyl groups excluding tert-OH is 5. The number of benzene rings is 4. The number of thioether (sulfide) groups is 4. The van der Waals surface area contributed by atoms with E-state index in [2.05, 4.69) is 82.6 Å². The molecule has 0 spiro atoms. The average molecular weight is 2200 g/mol. The summed E-state index contributed by atoms with van der Waals surface area (Å²) in [6.07, 6.45) is -2.08. The molecule has 2 aliphatic rings. The summed E-state index contributed by atoms with van der Waals surface area (Å²) in [4.78, 5) is 59.2. The summed E-state index contributed by atoms with van der Waals surface area (Å²) in [5.41, 5.74) is 9.39. The first-order valence-electron chi connectivity index (χ1n) is 43.6. The molecule has 10 atom stereocenters. The number of halogens is 4. The monoisotopic (exact) mass is 2200 g/mol. The Morgan fingerprint density at radius 2 is 0.864 bits per heavy atom. The van der Waals surface area contributed by atoms with Crippen molar-refractivity contribution in [2.24, 2.45) is 5.73 Å². The fraction of sp³-hybridized carbons (Fsp3) is 0.651. The summed E-state index contributed by atoms with van der Waals surface area (Å²) in [5, 5.41) is 45.8. The van der Waals surface area contributed by atoms with Crippen LogP contribution in [0.15, 0.2) is 117 Å². The quantitative estimate of drug-likeness (QED) is 0.00846. The number of methoxy groups -OCH3 is 1. The highest BCUT2D eigenvalue weighted by atomic mass is 79.9. The summed E-state index contributed by atoms with van der Waals surface area (Å²) in [6, 6.07) is 21.1. The molecular formula is C83H150B3BrClF2N5O25S12. The Labute approximate surface area is 849 Å². The average Bonchev–Trinajstić information content (AvgIpc) is 0.881. The highest BCUT2D eigenvalue weighted by Crippen LogP contribution is 2.37. The number of carboxylic acid groups (broad SMARTS) is 1. The lowest BCUT2D eigenvalue weighted by molar-refractivity contribution is -0.139. The molecule has 0 radical (unpaired) electrons. The number of ketones is 4. The van der Waals surface area contributed by atoms with Crippen molar-refractivity contribution in [3.05, 3.63) is 119 Å². The van der Waals surface area contributed by atoms with Crippen molar-refractivity contribution in [1.29, 1.82) is 8.21 Å². The number of hydrogen-bond acceptors (Lipinski definition) is 33. The molecule has 4 aromatic rings. The Balaban J connectivity index is -0.000000301. The zero-order valence-corrected chi connectivity index (χ0v) is 92.1. The third kappa shape index (κ3) is 56.5. The number of carboxylic acids is 1. The van der Waals surface area contributed by atoms with E-state index in [4.69, 9.17) is 63.3 Å². The standard InChI is InChI=1S/C19H29NO5S2.C18H29NO6S2.2C16H25NO5S2.C6H11BrO2.C5H11NO2S.CH4BClS.2CH5BS.2FH.2H2/c1-13-7-9-16(10-8-13)27(22,23)20-17(14(2)21)18(3,4)26-12-15-11-24-19(5,6)25-15;1-13-6-8-16(9-7-13)27(22,23)19-17(14(2)21)18(3,4)26-11-15(10-20)25-12-24-5;2*1-11-5-7-14(8-6-11)24(21,22)17-15(12(2)19)16(3,4)23-10-13(20)9-18;1-6(2)8-4-5(3-7)9-6;1-5(2,9)3(6)4(7)8;2-1-4-3;2*1-2-3;;;;/h7-10,15,17,20H,11-12H2,1-6H3;6-9,15,17,19-20H,10-12H2,1-5H3;2*5-8,13,15,17-18,20H,9-10H2,1-4H3;5H,3-4H2,1-2H3;3,9H,6H2,1-2H3,(H,7,8);1-2H2;2*2-3H,1H3;4*1H/t15?,17-;15-,17+;2*13-,15+;;3-;;;;;;;/m0111.0......./s1/i;20T;18T;;;;2TD;2*2D;;;2*1+2. The van der Waals surface area contributed by atoms with Crippen LogP contribution in [0.2, 0.25) is 13.6 Å². The summed E-state index contributed by atoms with van der Waals surface area (Å²) in [6.45, 7) is 41.7. The van der Waals surface area contributed by atoms with E-state index in [1.807, 2.05) is 69.2 Å². The van der Waals surface area contributed by atoms with Crippen molar-refractivity contribution in [3.63, 3.8) is 0 Å². The van der Waals surface area contributed by atoms with Crippen molar-refractivity contribution >= 4 is 212 Å². The largest absolute Gasteiger partial charge is 0.480 e. The van der Waals surface area contributed by atoms with Gasteiger partial charge in [0.25, 0.3) is 0 Å². The van der Waals surface area contributed by atoms with Crippen LogP contribution in [-0.2, 0) is 92.5 Å². The Kier molecular flexibility index (Phi) is 63.5. The molecule has 766 valence electrons. The molecule has 2 fully saturated rings. The fourth-order valence-corrected chi connectivity index (χ4v) is 21.5. The minimum Gasteiger partial charge on any atom is -0.480 e. The molecule has 0 amide bonds. The second-order valence-electron chi connectivity index (χ2n) is 32.9. The minimum atomic E-state index is -3.86. The van der Waals surface area contributed by atoms with Crippen LogP contribution in [0.3, 0.4) is 0 Å². The number of Topliss-reactive ketones (excluding diaryl/α,β-unsaturated/α-hetero) is 4. The van der Waals surface area contributed by atoms with E-state index < -0.39 is 132 Å². The topological polar surface area (TPSA) is 473 Å². The van der Waals surface area contributed by atoms with Crippen LogP contribution < -0.4 is 24.6 Å². The molecule has 132 heavy (non-hydrogen) atoms. The van der Waals surface area contributed by atoms with Gasteiger partial charge in [0.1, 0.15) is 43.7 Å². The number of aliphatic carboxylic acids is 1. The van der Waals surface area contributed by atoms with Crippen LogP contribution in [-0.4, -0.2) is 299 Å². The fourth-order valence-electron chi connectivity index (χ4n) is 10.6. The molecule has 2 aliphatic heterocycles.